The number of hydrogen-bond acceptors (Lipinski definition) is 4. The van der Waals surface area contributed by atoms with Crippen LogP contribution in [0.3, 0.4) is 0 Å². The van der Waals surface area contributed by atoms with Crippen LogP contribution in [-0.2, 0) is 23.0 Å². The van der Waals surface area contributed by atoms with Crippen molar-refractivity contribution in [1.29, 1.82) is 0 Å². The maximum absolute atomic E-state index is 4.54. The molecule has 6 unspecified atom stereocenters. The minimum atomic E-state index is 0.852. The molecule has 2 bridgehead atoms. The maximum Gasteiger partial charge on any atom is 0.0190 e. The summed E-state index contributed by atoms with van der Waals surface area (Å²) in [6.45, 7) is 0. The maximum atomic E-state index is 4.54. The Morgan fingerprint density at radius 1 is 0.667 bits per heavy atom. The molecular weight excluding hydrogens is 441 g/mol. The SMILES string of the molecule is SCc1ccccc1CSC1CC2CC1C1C(SCc3ccccc3CS)CCC21. The summed E-state index contributed by atoms with van der Waals surface area (Å²) < 4.78 is 0. The molecule has 2 aromatic rings. The van der Waals surface area contributed by atoms with Crippen LogP contribution in [0.25, 0.3) is 0 Å². The van der Waals surface area contributed by atoms with E-state index < -0.39 is 0 Å². The molecule has 5 rings (SSSR count). The molecule has 0 heterocycles. The fraction of sp³-hybridized carbons (Fsp3) is 0.538. The standard InChI is InChI=1S/C26H32S4/c27-13-17-5-1-3-7-19(17)15-29-24-10-9-22-21-11-23(26(22)24)25(12-21)30-16-20-8-4-2-6-18(20)14-28/h1-8,21-28H,9-16H2. The summed E-state index contributed by atoms with van der Waals surface area (Å²) in [5.41, 5.74) is 5.81. The molecule has 0 aliphatic heterocycles. The lowest BCUT2D eigenvalue weighted by atomic mass is 9.81. The van der Waals surface area contributed by atoms with Crippen LogP contribution in [0.4, 0.5) is 0 Å². The Labute approximate surface area is 201 Å². The first-order valence-corrected chi connectivity index (χ1v) is 14.7. The Hall–Kier alpha value is -0.160. The van der Waals surface area contributed by atoms with Crippen LogP contribution in [0.15, 0.2) is 48.5 Å². The average Bonchev–Trinajstić information content (AvgIpc) is 3.49. The summed E-state index contributed by atoms with van der Waals surface area (Å²) in [5, 5.41) is 1.74. The third-order valence-corrected chi connectivity index (χ3v) is 11.5. The van der Waals surface area contributed by atoms with Gasteiger partial charge in [0, 0.05) is 33.5 Å². The Morgan fingerprint density at radius 3 is 1.83 bits per heavy atom. The number of thiol groups is 2. The van der Waals surface area contributed by atoms with E-state index >= 15 is 0 Å². The molecule has 0 saturated heterocycles. The molecule has 0 nitrogen and oxygen atoms in total. The Bertz CT molecular complexity index is 866. The third kappa shape index (κ3) is 4.23. The van der Waals surface area contributed by atoms with E-state index in [0.29, 0.717) is 0 Å². The molecule has 0 amide bonds. The van der Waals surface area contributed by atoms with E-state index in [1.54, 1.807) is 0 Å². The van der Waals surface area contributed by atoms with Crippen LogP contribution in [0, 0.1) is 23.7 Å². The van der Waals surface area contributed by atoms with Crippen LogP contribution >= 0.6 is 48.8 Å². The van der Waals surface area contributed by atoms with E-state index in [4.69, 9.17) is 0 Å². The third-order valence-electron chi connectivity index (χ3n) is 7.88. The van der Waals surface area contributed by atoms with Gasteiger partial charge in [-0.15, -0.1) is 0 Å². The molecular formula is C26H32S4. The van der Waals surface area contributed by atoms with E-state index in [9.17, 15) is 0 Å². The van der Waals surface area contributed by atoms with Gasteiger partial charge in [-0.05, 0) is 71.6 Å². The van der Waals surface area contributed by atoms with Gasteiger partial charge in [-0.2, -0.15) is 48.8 Å². The molecule has 2 aromatic carbocycles. The van der Waals surface area contributed by atoms with E-state index in [1.165, 1.54) is 47.9 Å². The van der Waals surface area contributed by atoms with Gasteiger partial charge in [0.2, 0.25) is 0 Å². The molecule has 160 valence electrons. The quantitative estimate of drug-likeness (QED) is 0.381. The van der Waals surface area contributed by atoms with Gasteiger partial charge in [-0.1, -0.05) is 48.5 Å². The highest BCUT2D eigenvalue weighted by molar-refractivity contribution is 7.99. The van der Waals surface area contributed by atoms with E-state index in [1.807, 2.05) is 0 Å². The van der Waals surface area contributed by atoms with Crippen LogP contribution in [0.2, 0.25) is 0 Å². The lowest BCUT2D eigenvalue weighted by molar-refractivity contribution is 0.270. The highest BCUT2D eigenvalue weighted by atomic mass is 32.2. The molecule has 0 N–H and O–H groups in total. The molecule has 6 atom stereocenters. The number of fused-ring (bicyclic) bond motifs is 5. The van der Waals surface area contributed by atoms with E-state index in [-0.39, 0.29) is 0 Å². The molecule has 4 heteroatoms. The van der Waals surface area contributed by atoms with Gasteiger partial charge in [0.05, 0.1) is 0 Å². The summed E-state index contributed by atoms with van der Waals surface area (Å²) in [6, 6.07) is 17.8. The van der Waals surface area contributed by atoms with Crippen molar-refractivity contribution in [1.82, 2.24) is 0 Å². The molecule has 3 aliphatic rings. The van der Waals surface area contributed by atoms with Crippen molar-refractivity contribution in [2.24, 2.45) is 23.7 Å². The van der Waals surface area contributed by atoms with Crippen molar-refractivity contribution in [2.75, 3.05) is 0 Å². The monoisotopic (exact) mass is 472 g/mol. The van der Waals surface area contributed by atoms with Crippen molar-refractivity contribution in [2.45, 2.75) is 59.2 Å². The fourth-order valence-corrected chi connectivity index (χ4v) is 10.3. The van der Waals surface area contributed by atoms with Gasteiger partial charge in [-0.25, -0.2) is 0 Å². The predicted molar refractivity (Wildman–Crippen MR) is 141 cm³/mol. The van der Waals surface area contributed by atoms with Crippen molar-refractivity contribution in [3.8, 4) is 0 Å². The zero-order valence-electron chi connectivity index (χ0n) is 17.5. The normalized spacial score (nSPS) is 31.9. The topological polar surface area (TPSA) is 0 Å². The van der Waals surface area contributed by atoms with Gasteiger partial charge in [0.25, 0.3) is 0 Å². The number of hydrogen-bond donors (Lipinski definition) is 2. The van der Waals surface area contributed by atoms with E-state index in [2.05, 4.69) is 97.3 Å². The van der Waals surface area contributed by atoms with Crippen molar-refractivity contribution in [3.05, 3.63) is 70.8 Å². The Kier molecular flexibility index (Phi) is 7.06. The first kappa shape index (κ1) is 21.7. The van der Waals surface area contributed by atoms with Gasteiger partial charge in [-0.3, -0.25) is 0 Å². The highest BCUT2D eigenvalue weighted by Gasteiger charge is 2.57. The summed E-state index contributed by atoms with van der Waals surface area (Å²) in [7, 11) is 0. The van der Waals surface area contributed by atoms with Gasteiger partial charge in [0.15, 0.2) is 0 Å². The minimum Gasteiger partial charge on any atom is -0.175 e. The summed E-state index contributed by atoms with van der Waals surface area (Å²) in [4.78, 5) is 0. The zero-order chi connectivity index (χ0) is 20.5. The molecule has 30 heavy (non-hydrogen) atoms. The Balaban J connectivity index is 1.22. The predicted octanol–water partition coefficient (Wildman–Crippen LogP) is 7.52. The highest BCUT2D eigenvalue weighted by Crippen LogP contribution is 2.63. The fourth-order valence-electron chi connectivity index (χ4n) is 6.47. The van der Waals surface area contributed by atoms with Gasteiger partial charge < -0.3 is 0 Å². The first-order valence-electron chi connectivity index (χ1n) is 11.4. The number of benzene rings is 2. The second-order valence-electron chi connectivity index (χ2n) is 9.27. The second kappa shape index (κ2) is 9.77. The van der Waals surface area contributed by atoms with Crippen LogP contribution in [0.1, 0.15) is 47.9 Å². The molecule has 3 saturated carbocycles. The van der Waals surface area contributed by atoms with Gasteiger partial charge in [0.1, 0.15) is 0 Å². The zero-order valence-corrected chi connectivity index (χ0v) is 20.9. The molecule has 0 spiro atoms. The summed E-state index contributed by atoms with van der Waals surface area (Å²) in [6.07, 6.45) is 5.90. The summed E-state index contributed by atoms with van der Waals surface area (Å²) >= 11 is 13.6. The molecule has 3 fully saturated rings. The Morgan fingerprint density at radius 2 is 1.23 bits per heavy atom. The second-order valence-corrected chi connectivity index (χ2v) is 12.4. The van der Waals surface area contributed by atoms with E-state index in [0.717, 1.165) is 57.2 Å². The number of rotatable bonds is 8. The van der Waals surface area contributed by atoms with Crippen LogP contribution in [0.5, 0.6) is 0 Å². The van der Waals surface area contributed by atoms with Crippen LogP contribution in [-0.4, -0.2) is 10.5 Å². The molecule has 0 aromatic heterocycles. The average molecular weight is 473 g/mol. The number of thioether (sulfide) groups is 2. The lowest BCUT2D eigenvalue weighted by Gasteiger charge is -2.34. The minimum absolute atomic E-state index is 0.852. The smallest absolute Gasteiger partial charge is 0.0190 e. The lowest BCUT2D eigenvalue weighted by Crippen LogP contribution is -2.31. The van der Waals surface area contributed by atoms with Crippen molar-refractivity contribution in [3.63, 3.8) is 0 Å². The largest absolute Gasteiger partial charge is 0.175 e. The first-order chi connectivity index (χ1) is 14.8. The van der Waals surface area contributed by atoms with Gasteiger partial charge >= 0.3 is 0 Å². The van der Waals surface area contributed by atoms with Crippen molar-refractivity contribution < 1.29 is 0 Å². The molecule has 3 aliphatic carbocycles. The molecule has 0 radical (unpaired) electrons. The van der Waals surface area contributed by atoms with Crippen LogP contribution < -0.4 is 0 Å². The summed E-state index contributed by atoms with van der Waals surface area (Å²) in [5.74, 6) is 7.98. The van der Waals surface area contributed by atoms with Crippen molar-refractivity contribution >= 4 is 48.8 Å².